The topological polar surface area (TPSA) is 75.8 Å². The molecule has 15 heavy (non-hydrogen) atoms. The molecule has 0 amide bonds. The van der Waals surface area contributed by atoms with Crippen LogP contribution in [0.4, 0.5) is 0 Å². The molecule has 1 aliphatic heterocycles. The number of nitrogens with zero attached hydrogens (tertiary/aromatic N) is 2. The maximum absolute atomic E-state index is 11.3. The van der Waals surface area contributed by atoms with Crippen molar-refractivity contribution >= 4 is 15.8 Å². The van der Waals surface area contributed by atoms with E-state index in [1.165, 1.54) is 0 Å². The molecular formula is C9H19N3O2S. The second-order valence-corrected chi connectivity index (χ2v) is 6.04. The van der Waals surface area contributed by atoms with Gasteiger partial charge in [-0.05, 0) is 12.8 Å². The monoisotopic (exact) mass is 233 g/mol. The smallest absolute Gasteiger partial charge is 0.191 e. The van der Waals surface area contributed by atoms with E-state index in [4.69, 9.17) is 5.73 Å². The van der Waals surface area contributed by atoms with Gasteiger partial charge in [0.1, 0.15) is 0 Å². The summed E-state index contributed by atoms with van der Waals surface area (Å²) in [5, 5.41) is 0. The minimum atomic E-state index is -2.86. The van der Waals surface area contributed by atoms with Crippen LogP contribution in [-0.2, 0) is 9.84 Å². The van der Waals surface area contributed by atoms with E-state index in [2.05, 4.69) is 4.99 Å². The van der Waals surface area contributed by atoms with Crippen molar-refractivity contribution in [1.82, 2.24) is 4.90 Å². The summed E-state index contributed by atoms with van der Waals surface area (Å²) < 4.78 is 22.7. The van der Waals surface area contributed by atoms with Crippen LogP contribution < -0.4 is 5.73 Å². The number of rotatable bonds is 2. The van der Waals surface area contributed by atoms with Crippen molar-refractivity contribution in [2.45, 2.75) is 19.8 Å². The molecular weight excluding hydrogens is 214 g/mol. The molecule has 0 unspecified atom stereocenters. The largest absolute Gasteiger partial charge is 0.370 e. The normalized spacial score (nSPS) is 22.5. The van der Waals surface area contributed by atoms with E-state index in [0.29, 0.717) is 32.0 Å². The van der Waals surface area contributed by atoms with Crippen LogP contribution in [0, 0.1) is 0 Å². The molecule has 2 N–H and O–H groups in total. The Hall–Kier alpha value is -0.780. The highest BCUT2D eigenvalue weighted by Gasteiger charge is 2.19. The van der Waals surface area contributed by atoms with Crippen LogP contribution in [-0.4, -0.2) is 50.4 Å². The van der Waals surface area contributed by atoms with Crippen molar-refractivity contribution < 1.29 is 8.42 Å². The molecule has 1 aliphatic rings. The van der Waals surface area contributed by atoms with Crippen LogP contribution in [0.25, 0.3) is 0 Å². The standard InChI is InChI=1S/C9H19N3O2S/c1-2-4-11-9(10)12-5-3-7-15(13,14)8-6-12/h2-8H2,1H3,(H2,10,11). The fraction of sp³-hybridized carbons (Fsp3) is 0.889. The number of guanidine groups is 1. The summed E-state index contributed by atoms with van der Waals surface area (Å²) in [4.78, 5) is 6.04. The summed E-state index contributed by atoms with van der Waals surface area (Å²) in [6.45, 7) is 3.90. The van der Waals surface area contributed by atoms with Crippen LogP contribution in [0.5, 0.6) is 0 Å². The average molecular weight is 233 g/mol. The molecule has 0 saturated carbocycles. The van der Waals surface area contributed by atoms with Crippen LogP contribution in [0.2, 0.25) is 0 Å². The number of hydrogen-bond donors (Lipinski definition) is 1. The zero-order chi connectivity index (χ0) is 11.3. The van der Waals surface area contributed by atoms with E-state index in [0.717, 1.165) is 6.42 Å². The second-order valence-electron chi connectivity index (χ2n) is 3.73. The molecule has 0 aromatic carbocycles. The average Bonchev–Trinajstić information content (AvgIpc) is 2.36. The number of nitrogens with two attached hydrogens (primary N) is 1. The van der Waals surface area contributed by atoms with Gasteiger partial charge in [-0.1, -0.05) is 6.92 Å². The minimum absolute atomic E-state index is 0.190. The lowest BCUT2D eigenvalue weighted by molar-refractivity contribution is 0.443. The number of aliphatic imine (C=N–C) groups is 1. The Balaban J connectivity index is 2.57. The molecule has 0 radical (unpaired) electrons. The minimum Gasteiger partial charge on any atom is -0.370 e. The van der Waals surface area contributed by atoms with Gasteiger partial charge in [0.25, 0.3) is 0 Å². The van der Waals surface area contributed by atoms with E-state index < -0.39 is 9.84 Å². The molecule has 0 aliphatic carbocycles. The van der Waals surface area contributed by atoms with Crippen molar-refractivity contribution in [2.75, 3.05) is 31.1 Å². The summed E-state index contributed by atoms with van der Waals surface area (Å²) in [5.74, 6) is 0.939. The van der Waals surface area contributed by atoms with Gasteiger partial charge in [0.05, 0.1) is 11.5 Å². The zero-order valence-electron chi connectivity index (χ0n) is 9.15. The van der Waals surface area contributed by atoms with Gasteiger partial charge in [-0.25, -0.2) is 8.42 Å². The summed E-state index contributed by atoms with van der Waals surface area (Å²) in [5.41, 5.74) is 5.77. The van der Waals surface area contributed by atoms with E-state index in [-0.39, 0.29) is 11.5 Å². The van der Waals surface area contributed by atoms with Gasteiger partial charge in [0.15, 0.2) is 15.8 Å². The lowest BCUT2D eigenvalue weighted by Crippen LogP contribution is -2.39. The molecule has 1 saturated heterocycles. The van der Waals surface area contributed by atoms with Crippen molar-refractivity contribution in [3.05, 3.63) is 0 Å². The maximum atomic E-state index is 11.3. The van der Waals surface area contributed by atoms with Gasteiger partial charge in [-0.15, -0.1) is 0 Å². The van der Waals surface area contributed by atoms with E-state index in [1.807, 2.05) is 11.8 Å². The van der Waals surface area contributed by atoms with Crippen molar-refractivity contribution in [3.63, 3.8) is 0 Å². The van der Waals surface area contributed by atoms with Crippen molar-refractivity contribution in [1.29, 1.82) is 0 Å². The third-order valence-corrected chi connectivity index (χ3v) is 4.09. The fourth-order valence-corrected chi connectivity index (χ4v) is 2.77. The number of hydrogen-bond acceptors (Lipinski definition) is 3. The highest BCUT2D eigenvalue weighted by Crippen LogP contribution is 2.04. The lowest BCUT2D eigenvalue weighted by Gasteiger charge is -2.20. The molecule has 6 heteroatoms. The van der Waals surface area contributed by atoms with Gasteiger partial charge >= 0.3 is 0 Å². The molecule has 0 bridgehead atoms. The first kappa shape index (κ1) is 12.3. The second kappa shape index (κ2) is 5.34. The Morgan fingerprint density at radius 2 is 2.13 bits per heavy atom. The third-order valence-electron chi connectivity index (χ3n) is 2.38. The fourth-order valence-electron chi connectivity index (χ4n) is 1.49. The molecule has 88 valence electrons. The van der Waals surface area contributed by atoms with E-state index in [9.17, 15) is 8.42 Å². The third kappa shape index (κ3) is 4.07. The maximum Gasteiger partial charge on any atom is 0.191 e. The van der Waals surface area contributed by atoms with Crippen LogP contribution in [0.1, 0.15) is 19.8 Å². The summed E-state index contributed by atoms with van der Waals surface area (Å²) >= 11 is 0. The summed E-state index contributed by atoms with van der Waals surface area (Å²) in [7, 11) is -2.86. The van der Waals surface area contributed by atoms with Gasteiger partial charge < -0.3 is 10.6 Å². The molecule has 0 aromatic rings. The van der Waals surface area contributed by atoms with Crippen LogP contribution >= 0.6 is 0 Å². The molecule has 1 fully saturated rings. The SMILES string of the molecule is CCCN=C(N)N1CCCS(=O)(=O)CC1. The van der Waals surface area contributed by atoms with Crippen LogP contribution in [0.15, 0.2) is 4.99 Å². The Morgan fingerprint density at radius 3 is 2.80 bits per heavy atom. The molecule has 0 spiro atoms. The van der Waals surface area contributed by atoms with Gasteiger partial charge in [0, 0.05) is 19.6 Å². The zero-order valence-corrected chi connectivity index (χ0v) is 9.96. The van der Waals surface area contributed by atoms with Crippen LogP contribution in [0.3, 0.4) is 0 Å². The first-order chi connectivity index (χ1) is 7.05. The lowest BCUT2D eigenvalue weighted by atomic mass is 10.4. The first-order valence-corrected chi connectivity index (χ1v) is 7.12. The molecule has 1 rings (SSSR count). The quantitative estimate of drug-likeness (QED) is 0.531. The highest BCUT2D eigenvalue weighted by molar-refractivity contribution is 7.91. The van der Waals surface area contributed by atoms with E-state index in [1.54, 1.807) is 0 Å². The predicted octanol–water partition coefficient (Wildman–Crippen LogP) is -0.168. The molecule has 0 aromatic heterocycles. The van der Waals surface area contributed by atoms with Gasteiger partial charge in [0.2, 0.25) is 0 Å². The Kier molecular flexibility index (Phi) is 4.38. The van der Waals surface area contributed by atoms with Gasteiger partial charge in [-0.2, -0.15) is 0 Å². The first-order valence-electron chi connectivity index (χ1n) is 5.30. The Labute approximate surface area is 91.3 Å². The van der Waals surface area contributed by atoms with Crippen molar-refractivity contribution in [2.24, 2.45) is 10.7 Å². The highest BCUT2D eigenvalue weighted by atomic mass is 32.2. The molecule has 5 nitrogen and oxygen atoms in total. The molecule has 0 atom stereocenters. The molecule has 1 heterocycles. The van der Waals surface area contributed by atoms with E-state index >= 15 is 0 Å². The Morgan fingerprint density at radius 1 is 1.40 bits per heavy atom. The predicted molar refractivity (Wildman–Crippen MR) is 61.6 cm³/mol. The summed E-state index contributed by atoms with van der Waals surface area (Å²) in [6.07, 6.45) is 1.59. The van der Waals surface area contributed by atoms with Crippen molar-refractivity contribution in [3.8, 4) is 0 Å². The number of sulfone groups is 1. The Bertz CT molecular complexity index is 324. The van der Waals surface area contributed by atoms with Gasteiger partial charge in [-0.3, -0.25) is 4.99 Å². The summed E-state index contributed by atoms with van der Waals surface area (Å²) in [6, 6.07) is 0.